The summed E-state index contributed by atoms with van der Waals surface area (Å²) in [5, 5.41) is 0.617. The quantitative estimate of drug-likeness (QED) is 0.795. The van der Waals surface area contributed by atoms with Crippen molar-refractivity contribution in [1.82, 2.24) is 4.90 Å². The molecule has 104 valence electrons. The monoisotopic (exact) mass is 280 g/mol. The van der Waals surface area contributed by atoms with Gasteiger partial charge in [0.05, 0.1) is 0 Å². The fourth-order valence-corrected chi connectivity index (χ4v) is 2.97. The Kier molecular flexibility index (Phi) is 4.83. The second kappa shape index (κ2) is 6.40. The summed E-state index contributed by atoms with van der Waals surface area (Å²) in [4.78, 5) is 16.0. The standard InChI is InChI=1S/C15H21ClN2O/c1-3-14-10-17(2)7-4-8-18(14)15-6-5-13(16)9-12(15)11-19/h5-6,9,11,14H,3-4,7-8,10H2,1-2H3. The predicted molar refractivity (Wildman–Crippen MR) is 80.4 cm³/mol. The highest BCUT2D eigenvalue weighted by Crippen LogP contribution is 2.27. The summed E-state index contributed by atoms with van der Waals surface area (Å²) in [6.07, 6.45) is 3.10. The van der Waals surface area contributed by atoms with Crippen LogP contribution in [0.5, 0.6) is 0 Å². The molecule has 0 amide bonds. The first-order valence-electron chi connectivity index (χ1n) is 6.85. The van der Waals surface area contributed by atoms with E-state index in [-0.39, 0.29) is 0 Å². The van der Waals surface area contributed by atoms with Crippen molar-refractivity contribution < 1.29 is 4.79 Å². The summed E-state index contributed by atoms with van der Waals surface area (Å²) in [6.45, 7) is 5.34. The number of likely N-dealkylation sites (N-methyl/N-ethyl adjacent to an activating group) is 1. The molecule has 1 saturated heterocycles. The van der Waals surface area contributed by atoms with Gasteiger partial charge >= 0.3 is 0 Å². The van der Waals surface area contributed by atoms with Gasteiger partial charge in [-0.3, -0.25) is 4.79 Å². The fraction of sp³-hybridized carbons (Fsp3) is 0.533. The third-order valence-corrected chi connectivity index (χ3v) is 4.03. The van der Waals surface area contributed by atoms with E-state index in [1.54, 1.807) is 6.07 Å². The van der Waals surface area contributed by atoms with Gasteiger partial charge < -0.3 is 9.80 Å². The van der Waals surface area contributed by atoms with Crippen molar-refractivity contribution in [3.05, 3.63) is 28.8 Å². The van der Waals surface area contributed by atoms with Crippen LogP contribution in [0.25, 0.3) is 0 Å². The number of hydrogen-bond acceptors (Lipinski definition) is 3. The number of carbonyl (C=O) groups is 1. The van der Waals surface area contributed by atoms with Crippen molar-refractivity contribution in [2.24, 2.45) is 0 Å². The SMILES string of the molecule is CCC1CN(C)CCCN1c1ccc(Cl)cc1C=O. The van der Waals surface area contributed by atoms with E-state index < -0.39 is 0 Å². The Labute approximate surface area is 120 Å². The molecule has 1 unspecified atom stereocenters. The minimum Gasteiger partial charge on any atom is -0.367 e. The summed E-state index contributed by atoms with van der Waals surface area (Å²) in [5.74, 6) is 0. The van der Waals surface area contributed by atoms with Crippen LogP contribution >= 0.6 is 11.6 Å². The lowest BCUT2D eigenvalue weighted by Gasteiger charge is -2.33. The van der Waals surface area contributed by atoms with E-state index in [1.165, 1.54) is 0 Å². The topological polar surface area (TPSA) is 23.6 Å². The van der Waals surface area contributed by atoms with Crippen LogP contribution in [-0.4, -0.2) is 43.9 Å². The Morgan fingerprint density at radius 2 is 2.21 bits per heavy atom. The van der Waals surface area contributed by atoms with E-state index in [9.17, 15) is 4.79 Å². The van der Waals surface area contributed by atoms with E-state index in [0.29, 0.717) is 16.6 Å². The van der Waals surface area contributed by atoms with E-state index in [1.807, 2.05) is 12.1 Å². The smallest absolute Gasteiger partial charge is 0.152 e. The second-order valence-electron chi connectivity index (χ2n) is 5.19. The van der Waals surface area contributed by atoms with Crippen molar-refractivity contribution >= 4 is 23.6 Å². The van der Waals surface area contributed by atoms with Gasteiger partial charge in [-0.2, -0.15) is 0 Å². The number of carbonyl (C=O) groups excluding carboxylic acids is 1. The molecule has 3 nitrogen and oxygen atoms in total. The maximum atomic E-state index is 11.3. The lowest BCUT2D eigenvalue weighted by molar-refractivity contribution is 0.112. The molecule has 19 heavy (non-hydrogen) atoms. The molecule has 0 aliphatic carbocycles. The number of nitrogens with zero attached hydrogens (tertiary/aromatic N) is 2. The minimum atomic E-state index is 0.451. The fourth-order valence-electron chi connectivity index (χ4n) is 2.79. The Hall–Kier alpha value is -1.06. The molecule has 1 aromatic rings. The molecule has 1 heterocycles. The summed E-state index contributed by atoms with van der Waals surface area (Å²) < 4.78 is 0. The molecule has 1 atom stereocenters. The largest absolute Gasteiger partial charge is 0.367 e. The molecule has 2 rings (SSSR count). The van der Waals surface area contributed by atoms with Crippen LogP contribution in [0.3, 0.4) is 0 Å². The molecule has 4 heteroatoms. The number of anilines is 1. The van der Waals surface area contributed by atoms with Gasteiger partial charge in [-0.25, -0.2) is 0 Å². The van der Waals surface area contributed by atoms with Crippen molar-refractivity contribution in [1.29, 1.82) is 0 Å². The lowest BCUT2D eigenvalue weighted by Crippen LogP contribution is -2.40. The van der Waals surface area contributed by atoms with Crippen molar-refractivity contribution in [2.45, 2.75) is 25.8 Å². The second-order valence-corrected chi connectivity index (χ2v) is 5.63. The Morgan fingerprint density at radius 3 is 2.89 bits per heavy atom. The van der Waals surface area contributed by atoms with Crippen LogP contribution in [0, 0.1) is 0 Å². The Bertz CT molecular complexity index is 450. The van der Waals surface area contributed by atoms with E-state index in [4.69, 9.17) is 11.6 Å². The van der Waals surface area contributed by atoms with Crippen molar-refractivity contribution in [3.8, 4) is 0 Å². The number of aldehydes is 1. The molecule has 1 fully saturated rings. The first kappa shape index (κ1) is 14.4. The molecule has 1 aliphatic rings. The number of benzene rings is 1. The molecular formula is C15H21ClN2O. The van der Waals surface area contributed by atoms with Gasteiger partial charge in [-0.1, -0.05) is 18.5 Å². The van der Waals surface area contributed by atoms with Gasteiger partial charge in [0.15, 0.2) is 6.29 Å². The molecule has 0 saturated carbocycles. The average Bonchev–Trinajstić information content (AvgIpc) is 2.60. The average molecular weight is 281 g/mol. The van der Waals surface area contributed by atoms with Crippen LogP contribution < -0.4 is 4.90 Å². The van der Waals surface area contributed by atoms with Gasteiger partial charge in [-0.05, 0) is 44.6 Å². The highest BCUT2D eigenvalue weighted by atomic mass is 35.5. The third kappa shape index (κ3) is 3.28. The molecule has 0 radical (unpaired) electrons. The summed E-state index contributed by atoms with van der Waals surface area (Å²) in [7, 11) is 2.16. The Balaban J connectivity index is 2.34. The summed E-state index contributed by atoms with van der Waals surface area (Å²) in [5.41, 5.74) is 1.71. The number of halogens is 1. The summed E-state index contributed by atoms with van der Waals surface area (Å²) >= 11 is 5.97. The highest BCUT2D eigenvalue weighted by Gasteiger charge is 2.23. The van der Waals surface area contributed by atoms with Gasteiger partial charge in [0, 0.05) is 35.4 Å². The van der Waals surface area contributed by atoms with Gasteiger partial charge in [-0.15, -0.1) is 0 Å². The minimum absolute atomic E-state index is 0.451. The van der Waals surface area contributed by atoms with Gasteiger partial charge in [0.1, 0.15) is 0 Å². The maximum Gasteiger partial charge on any atom is 0.152 e. The third-order valence-electron chi connectivity index (χ3n) is 3.80. The number of rotatable bonds is 3. The van der Waals surface area contributed by atoms with Crippen LogP contribution in [0.2, 0.25) is 5.02 Å². The van der Waals surface area contributed by atoms with E-state index in [2.05, 4.69) is 23.8 Å². The first-order chi connectivity index (χ1) is 9.15. The Morgan fingerprint density at radius 1 is 1.42 bits per heavy atom. The highest BCUT2D eigenvalue weighted by molar-refractivity contribution is 6.31. The van der Waals surface area contributed by atoms with Crippen LogP contribution in [0.15, 0.2) is 18.2 Å². The molecule has 0 spiro atoms. The van der Waals surface area contributed by atoms with E-state index in [0.717, 1.165) is 44.4 Å². The molecule has 0 bridgehead atoms. The first-order valence-corrected chi connectivity index (χ1v) is 7.23. The molecule has 0 aromatic heterocycles. The molecule has 0 N–H and O–H groups in total. The van der Waals surface area contributed by atoms with Crippen LogP contribution in [0.4, 0.5) is 5.69 Å². The van der Waals surface area contributed by atoms with Gasteiger partial charge in [0.25, 0.3) is 0 Å². The van der Waals surface area contributed by atoms with Crippen molar-refractivity contribution in [3.63, 3.8) is 0 Å². The molecule has 1 aliphatic heterocycles. The normalized spacial score (nSPS) is 21.2. The van der Waals surface area contributed by atoms with Crippen molar-refractivity contribution in [2.75, 3.05) is 31.6 Å². The predicted octanol–water partition coefficient (Wildman–Crippen LogP) is 3.07. The zero-order chi connectivity index (χ0) is 13.8. The summed E-state index contributed by atoms with van der Waals surface area (Å²) in [6, 6.07) is 6.04. The molecular weight excluding hydrogens is 260 g/mol. The van der Waals surface area contributed by atoms with E-state index >= 15 is 0 Å². The van der Waals surface area contributed by atoms with Crippen LogP contribution in [-0.2, 0) is 0 Å². The zero-order valence-corrected chi connectivity index (χ0v) is 12.4. The van der Waals surface area contributed by atoms with Gasteiger partial charge in [0.2, 0.25) is 0 Å². The van der Waals surface area contributed by atoms with Crippen LogP contribution in [0.1, 0.15) is 30.1 Å². The lowest BCUT2D eigenvalue weighted by atomic mass is 10.1. The maximum absolute atomic E-state index is 11.3. The number of hydrogen-bond donors (Lipinski definition) is 0. The zero-order valence-electron chi connectivity index (χ0n) is 11.6. The molecule has 1 aromatic carbocycles.